The molecule has 5 nitrogen and oxygen atoms in total. The van der Waals surface area contributed by atoms with Crippen LogP contribution in [0.3, 0.4) is 0 Å². The molecule has 0 aliphatic heterocycles. The molecule has 0 saturated heterocycles. The first-order valence-corrected chi connectivity index (χ1v) is 5.80. The van der Waals surface area contributed by atoms with E-state index in [-0.39, 0.29) is 11.9 Å². The van der Waals surface area contributed by atoms with E-state index < -0.39 is 5.92 Å². The predicted molar refractivity (Wildman–Crippen MR) is 64.3 cm³/mol. The Morgan fingerprint density at radius 2 is 2.06 bits per heavy atom. The summed E-state index contributed by atoms with van der Waals surface area (Å²) in [5, 5.41) is 8.92. The van der Waals surface area contributed by atoms with Crippen LogP contribution in [0, 0.1) is 17.2 Å². The number of amides is 1. The molecule has 0 spiro atoms. The monoisotopic (exact) mass is 242 g/mol. The number of rotatable bonds is 8. The maximum atomic E-state index is 12.1. The lowest BCUT2D eigenvalue weighted by Gasteiger charge is -2.30. The maximum absolute atomic E-state index is 12.1. The molecule has 2 unspecified atom stereocenters. The van der Waals surface area contributed by atoms with Crippen LogP contribution in [0.15, 0.2) is 0 Å². The fraction of sp³-hybridized carbons (Fsp3) is 0.833. The molecule has 0 aromatic carbocycles. The van der Waals surface area contributed by atoms with Crippen molar-refractivity contribution < 1.29 is 14.3 Å². The normalized spacial score (nSPS) is 13.8. The van der Waals surface area contributed by atoms with Crippen LogP contribution in [0.25, 0.3) is 0 Å². The van der Waals surface area contributed by atoms with Crippen molar-refractivity contribution in [2.75, 3.05) is 34.0 Å². The zero-order valence-electron chi connectivity index (χ0n) is 11.1. The molecule has 0 fully saturated rings. The lowest BCUT2D eigenvalue weighted by Crippen LogP contribution is -2.45. The van der Waals surface area contributed by atoms with E-state index in [9.17, 15) is 4.79 Å². The highest BCUT2D eigenvalue weighted by atomic mass is 16.5. The zero-order chi connectivity index (χ0) is 13.3. The Morgan fingerprint density at radius 1 is 1.41 bits per heavy atom. The van der Waals surface area contributed by atoms with Crippen LogP contribution >= 0.6 is 0 Å². The molecule has 0 N–H and O–H groups in total. The van der Waals surface area contributed by atoms with Crippen LogP contribution in [0.4, 0.5) is 0 Å². The van der Waals surface area contributed by atoms with Crippen molar-refractivity contribution in [2.24, 2.45) is 5.92 Å². The highest BCUT2D eigenvalue weighted by molar-refractivity contribution is 5.81. The SMILES string of the molecule is CCC(C#N)C(=O)N(CCOC)C(C)COC. The van der Waals surface area contributed by atoms with Gasteiger partial charge in [-0.05, 0) is 13.3 Å². The summed E-state index contributed by atoms with van der Waals surface area (Å²) in [5.41, 5.74) is 0. The summed E-state index contributed by atoms with van der Waals surface area (Å²) in [4.78, 5) is 13.8. The largest absolute Gasteiger partial charge is 0.383 e. The van der Waals surface area contributed by atoms with Gasteiger partial charge in [0.1, 0.15) is 5.92 Å². The second-order valence-corrected chi connectivity index (χ2v) is 3.92. The average Bonchev–Trinajstić information content (AvgIpc) is 2.31. The standard InChI is InChI=1S/C12H22N2O3/c1-5-11(8-13)12(15)14(6-7-16-3)10(2)9-17-4/h10-11H,5-7,9H2,1-4H3. The lowest BCUT2D eigenvalue weighted by molar-refractivity contribution is -0.137. The van der Waals surface area contributed by atoms with Gasteiger partial charge in [0.25, 0.3) is 0 Å². The van der Waals surface area contributed by atoms with E-state index in [4.69, 9.17) is 14.7 Å². The minimum atomic E-state index is -0.578. The molecule has 17 heavy (non-hydrogen) atoms. The van der Waals surface area contributed by atoms with Crippen molar-refractivity contribution in [1.82, 2.24) is 4.90 Å². The number of hydrogen-bond acceptors (Lipinski definition) is 4. The van der Waals surface area contributed by atoms with Gasteiger partial charge in [0.05, 0.1) is 25.3 Å². The summed E-state index contributed by atoms with van der Waals surface area (Å²) in [6.45, 7) is 5.14. The number of carbonyl (C=O) groups is 1. The Kier molecular flexibility index (Phi) is 8.38. The van der Waals surface area contributed by atoms with Crippen molar-refractivity contribution in [1.29, 1.82) is 5.26 Å². The summed E-state index contributed by atoms with van der Waals surface area (Å²) in [5.74, 6) is -0.720. The Bertz CT molecular complexity index is 263. The van der Waals surface area contributed by atoms with Crippen LogP contribution < -0.4 is 0 Å². The van der Waals surface area contributed by atoms with E-state index in [1.165, 1.54) is 0 Å². The number of carbonyl (C=O) groups excluding carboxylic acids is 1. The second kappa shape index (κ2) is 8.97. The molecule has 98 valence electrons. The molecule has 0 rings (SSSR count). The highest BCUT2D eigenvalue weighted by Gasteiger charge is 2.26. The second-order valence-electron chi connectivity index (χ2n) is 3.92. The van der Waals surface area contributed by atoms with Crippen LogP contribution in [0.1, 0.15) is 20.3 Å². The number of methoxy groups -OCH3 is 2. The molecular weight excluding hydrogens is 220 g/mol. The smallest absolute Gasteiger partial charge is 0.240 e. The van der Waals surface area contributed by atoms with Crippen molar-refractivity contribution in [3.05, 3.63) is 0 Å². The van der Waals surface area contributed by atoms with Gasteiger partial charge in [0, 0.05) is 20.8 Å². The van der Waals surface area contributed by atoms with Gasteiger partial charge in [-0.3, -0.25) is 4.79 Å². The Balaban J connectivity index is 4.66. The molecule has 1 amide bonds. The van der Waals surface area contributed by atoms with Gasteiger partial charge in [-0.1, -0.05) is 6.92 Å². The summed E-state index contributed by atoms with van der Waals surface area (Å²) in [6.07, 6.45) is 0.526. The van der Waals surface area contributed by atoms with Gasteiger partial charge in [-0.15, -0.1) is 0 Å². The zero-order valence-corrected chi connectivity index (χ0v) is 11.1. The van der Waals surface area contributed by atoms with Crippen LogP contribution in [-0.4, -0.2) is 50.8 Å². The molecule has 0 radical (unpaired) electrons. The molecule has 0 saturated carbocycles. The highest BCUT2D eigenvalue weighted by Crippen LogP contribution is 2.10. The first kappa shape index (κ1) is 15.9. The number of hydrogen-bond donors (Lipinski definition) is 0. The Morgan fingerprint density at radius 3 is 2.47 bits per heavy atom. The first-order valence-electron chi connectivity index (χ1n) is 5.80. The summed E-state index contributed by atoms with van der Waals surface area (Å²) < 4.78 is 10.0. The molecule has 0 bridgehead atoms. The molecule has 0 aromatic heterocycles. The third-order valence-corrected chi connectivity index (χ3v) is 2.62. The van der Waals surface area contributed by atoms with Crippen molar-refractivity contribution in [3.8, 4) is 6.07 Å². The van der Waals surface area contributed by atoms with Crippen molar-refractivity contribution in [3.63, 3.8) is 0 Å². The Hall–Kier alpha value is -1.12. The van der Waals surface area contributed by atoms with E-state index in [1.807, 2.05) is 19.9 Å². The Labute approximate surface area is 103 Å². The number of nitrogens with zero attached hydrogens (tertiary/aromatic N) is 2. The van der Waals surface area contributed by atoms with E-state index in [0.29, 0.717) is 26.2 Å². The quantitative estimate of drug-likeness (QED) is 0.638. The number of nitriles is 1. The van der Waals surface area contributed by atoms with Crippen molar-refractivity contribution >= 4 is 5.91 Å². The first-order chi connectivity index (χ1) is 8.12. The lowest BCUT2D eigenvalue weighted by atomic mass is 10.1. The van der Waals surface area contributed by atoms with E-state index in [1.54, 1.807) is 19.1 Å². The van der Waals surface area contributed by atoms with Crippen LogP contribution in [0.2, 0.25) is 0 Å². The summed E-state index contributed by atoms with van der Waals surface area (Å²) in [6, 6.07) is 1.98. The number of ether oxygens (including phenoxy) is 2. The van der Waals surface area contributed by atoms with E-state index in [0.717, 1.165) is 0 Å². The third kappa shape index (κ3) is 5.16. The fourth-order valence-corrected chi connectivity index (χ4v) is 1.59. The molecule has 0 aromatic rings. The fourth-order valence-electron chi connectivity index (χ4n) is 1.59. The van der Waals surface area contributed by atoms with E-state index in [2.05, 4.69) is 0 Å². The molecule has 2 atom stereocenters. The van der Waals surface area contributed by atoms with Gasteiger partial charge in [-0.2, -0.15) is 5.26 Å². The van der Waals surface area contributed by atoms with Gasteiger partial charge < -0.3 is 14.4 Å². The van der Waals surface area contributed by atoms with Crippen molar-refractivity contribution in [2.45, 2.75) is 26.3 Å². The topological polar surface area (TPSA) is 62.6 Å². The van der Waals surface area contributed by atoms with Gasteiger partial charge in [0.2, 0.25) is 5.91 Å². The van der Waals surface area contributed by atoms with Crippen LogP contribution in [-0.2, 0) is 14.3 Å². The minimum absolute atomic E-state index is 0.0509. The molecule has 0 heterocycles. The van der Waals surface area contributed by atoms with Crippen LogP contribution in [0.5, 0.6) is 0 Å². The van der Waals surface area contributed by atoms with Gasteiger partial charge >= 0.3 is 0 Å². The maximum Gasteiger partial charge on any atom is 0.240 e. The molecular formula is C12H22N2O3. The van der Waals surface area contributed by atoms with E-state index >= 15 is 0 Å². The molecule has 0 aliphatic rings. The summed E-state index contributed by atoms with van der Waals surface area (Å²) in [7, 11) is 3.18. The minimum Gasteiger partial charge on any atom is -0.383 e. The molecule has 0 aliphatic carbocycles. The third-order valence-electron chi connectivity index (χ3n) is 2.62. The molecule has 5 heteroatoms. The van der Waals surface area contributed by atoms with Gasteiger partial charge in [-0.25, -0.2) is 0 Å². The predicted octanol–water partition coefficient (Wildman–Crippen LogP) is 1.05. The summed E-state index contributed by atoms with van der Waals surface area (Å²) >= 11 is 0. The average molecular weight is 242 g/mol. The van der Waals surface area contributed by atoms with Gasteiger partial charge in [0.15, 0.2) is 0 Å².